The van der Waals surface area contributed by atoms with Gasteiger partial charge in [0.15, 0.2) is 6.29 Å². The summed E-state index contributed by atoms with van der Waals surface area (Å²) < 4.78 is 11.2. The number of rotatable bonds is 37. The van der Waals surface area contributed by atoms with Crippen LogP contribution in [0.2, 0.25) is 0 Å². The highest BCUT2D eigenvalue weighted by Gasteiger charge is 2.44. The minimum absolute atomic E-state index is 0.175. The molecule has 1 amide bonds. The molecule has 1 saturated heterocycles. The molecular formula is C44H85NO8. The van der Waals surface area contributed by atoms with Crippen LogP contribution in [0.25, 0.3) is 0 Å². The highest BCUT2D eigenvalue weighted by atomic mass is 16.7. The molecule has 0 aromatic rings. The monoisotopic (exact) mass is 756 g/mol. The molecule has 0 saturated carbocycles. The Morgan fingerprint density at radius 3 is 1.47 bits per heavy atom. The maximum Gasteiger partial charge on any atom is 0.220 e. The third-order valence-electron chi connectivity index (χ3n) is 10.9. The van der Waals surface area contributed by atoms with Gasteiger partial charge in [0, 0.05) is 6.42 Å². The Morgan fingerprint density at radius 1 is 0.623 bits per heavy atom. The second-order valence-electron chi connectivity index (χ2n) is 15.9. The number of hydrogen-bond acceptors (Lipinski definition) is 8. The van der Waals surface area contributed by atoms with E-state index in [0.717, 1.165) is 38.5 Å². The summed E-state index contributed by atoms with van der Waals surface area (Å²) in [6.45, 7) is 3.77. The van der Waals surface area contributed by atoms with Gasteiger partial charge >= 0.3 is 0 Å². The SMILES string of the molecule is CCCCCCCCCCCCC/C=C/C(O)C(CO[C@@H]1O[C@H](CO)[C@@H](O)[C@H](O)[C@H]1O)NC(=O)CCCCCCCCCCCCCCCCCCC. The van der Waals surface area contributed by atoms with E-state index < -0.39 is 49.5 Å². The van der Waals surface area contributed by atoms with Crippen LogP contribution in [0.15, 0.2) is 12.2 Å². The van der Waals surface area contributed by atoms with Crippen molar-refractivity contribution in [2.24, 2.45) is 0 Å². The zero-order valence-corrected chi connectivity index (χ0v) is 34.3. The lowest BCUT2D eigenvalue weighted by atomic mass is 9.99. The number of aliphatic hydroxyl groups is 5. The number of hydrogen-bond donors (Lipinski definition) is 6. The Hall–Kier alpha value is -1.07. The van der Waals surface area contributed by atoms with Crippen LogP contribution in [0.1, 0.15) is 206 Å². The highest BCUT2D eigenvalue weighted by Crippen LogP contribution is 2.23. The fourth-order valence-corrected chi connectivity index (χ4v) is 7.21. The molecule has 0 aromatic heterocycles. The Balaban J connectivity index is 2.35. The molecule has 314 valence electrons. The molecule has 0 radical (unpaired) electrons. The second-order valence-corrected chi connectivity index (χ2v) is 15.9. The van der Waals surface area contributed by atoms with Gasteiger partial charge in [-0.05, 0) is 19.3 Å². The zero-order valence-electron chi connectivity index (χ0n) is 34.3. The number of nitrogens with one attached hydrogen (secondary N) is 1. The van der Waals surface area contributed by atoms with Gasteiger partial charge in [-0.1, -0.05) is 193 Å². The highest BCUT2D eigenvalue weighted by molar-refractivity contribution is 5.76. The van der Waals surface area contributed by atoms with Crippen molar-refractivity contribution >= 4 is 5.91 Å². The van der Waals surface area contributed by atoms with Gasteiger partial charge in [0.05, 0.1) is 25.4 Å². The Bertz CT molecular complexity index is 842. The lowest BCUT2D eigenvalue weighted by molar-refractivity contribution is -0.302. The first-order valence-electron chi connectivity index (χ1n) is 22.4. The standard InChI is InChI=1S/C44H85NO8/c1-3-5-7-9-11-13-15-17-18-19-20-22-24-26-28-30-32-34-40(48)45-37(36-52-44-43(51)42(50)41(49)39(35-46)53-44)38(47)33-31-29-27-25-23-21-16-14-12-10-8-6-4-2/h31,33,37-39,41-44,46-47,49-51H,3-30,32,34-36H2,1-2H3,(H,45,48)/b33-31+/t37?,38?,39-,41-,42+,43-,44-/m1/s1. The molecule has 6 N–H and O–H groups in total. The molecule has 1 fully saturated rings. The Kier molecular flexibility index (Phi) is 33.3. The number of carbonyl (C=O) groups is 1. The predicted molar refractivity (Wildman–Crippen MR) is 217 cm³/mol. The van der Waals surface area contributed by atoms with Crippen molar-refractivity contribution in [1.29, 1.82) is 0 Å². The largest absolute Gasteiger partial charge is 0.394 e. The van der Waals surface area contributed by atoms with Crippen LogP contribution in [0, 0.1) is 0 Å². The normalized spacial score (nSPS) is 21.7. The third-order valence-corrected chi connectivity index (χ3v) is 10.9. The minimum atomic E-state index is -1.56. The number of aliphatic hydroxyl groups excluding tert-OH is 5. The van der Waals surface area contributed by atoms with Gasteiger partial charge in [-0.3, -0.25) is 4.79 Å². The van der Waals surface area contributed by atoms with Crippen molar-refractivity contribution in [1.82, 2.24) is 5.32 Å². The maximum atomic E-state index is 12.9. The number of allylic oxidation sites excluding steroid dienone is 1. The van der Waals surface area contributed by atoms with Crippen molar-refractivity contribution < 1.29 is 39.8 Å². The van der Waals surface area contributed by atoms with Crippen LogP contribution in [0.5, 0.6) is 0 Å². The summed E-state index contributed by atoms with van der Waals surface area (Å²) >= 11 is 0. The van der Waals surface area contributed by atoms with E-state index in [4.69, 9.17) is 9.47 Å². The first-order chi connectivity index (χ1) is 25.8. The maximum absolute atomic E-state index is 12.9. The van der Waals surface area contributed by atoms with Gasteiger partial charge in [0.2, 0.25) is 5.91 Å². The molecule has 0 spiro atoms. The molecule has 2 unspecified atom stereocenters. The quantitative estimate of drug-likeness (QED) is 0.0272. The molecule has 1 aliphatic heterocycles. The van der Waals surface area contributed by atoms with E-state index in [1.165, 1.54) is 148 Å². The molecule has 9 nitrogen and oxygen atoms in total. The van der Waals surface area contributed by atoms with E-state index in [9.17, 15) is 30.3 Å². The van der Waals surface area contributed by atoms with E-state index in [1.54, 1.807) is 6.08 Å². The predicted octanol–water partition coefficient (Wildman–Crippen LogP) is 8.95. The van der Waals surface area contributed by atoms with Gasteiger partial charge in [0.1, 0.15) is 24.4 Å². The summed E-state index contributed by atoms with van der Waals surface area (Å²) in [6.07, 6.45) is 32.5. The molecule has 1 aliphatic rings. The summed E-state index contributed by atoms with van der Waals surface area (Å²) in [5.74, 6) is -0.175. The van der Waals surface area contributed by atoms with Crippen molar-refractivity contribution in [2.45, 2.75) is 249 Å². The molecule has 0 aliphatic carbocycles. The van der Waals surface area contributed by atoms with Crippen molar-refractivity contribution in [3.05, 3.63) is 12.2 Å². The number of carbonyl (C=O) groups excluding carboxylic acids is 1. The number of unbranched alkanes of at least 4 members (excludes halogenated alkanes) is 27. The minimum Gasteiger partial charge on any atom is -0.394 e. The van der Waals surface area contributed by atoms with Gasteiger partial charge in [-0.15, -0.1) is 0 Å². The fourth-order valence-electron chi connectivity index (χ4n) is 7.21. The van der Waals surface area contributed by atoms with Crippen LogP contribution in [-0.2, 0) is 14.3 Å². The van der Waals surface area contributed by atoms with Gasteiger partial charge in [0.25, 0.3) is 0 Å². The Labute approximate surface area is 325 Å². The molecule has 1 rings (SSSR count). The second kappa shape index (κ2) is 35.4. The van der Waals surface area contributed by atoms with Crippen LogP contribution >= 0.6 is 0 Å². The van der Waals surface area contributed by atoms with E-state index in [-0.39, 0.29) is 12.5 Å². The first-order valence-corrected chi connectivity index (χ1v) is 22.4. The van der Waals surface area contributed by atoms with Crippen LogP contribution in [0.4, 0.5) is 0 Å². The Morgan fingerprint density at radius 2 is 1.04 bits per heavy atom. The van der Waals surface area contributed by atoms with Crippen LogP contribution in [-0.4, -0.2) is 87.5 Å². The smallest absolute Gasteiger partial charge is 0.220 e. The van der Waals surface area contributed by atoms with E-state index in [2.05, 4.69) is 19.2 Å². The molecule has 53 heavy (non-hydrogen) atoms. The van der Waals surface area contributed by atoms with Crippen molar-refractivity contribution in [3.63, 3.8) is 0 Å². The topological polar surface area (TPSA) is 149 Å². The third kappa shape index (κ3) is 26.4. The molecule has 9 heteroatoms. The average Bonchev–Trinajstić information content (AvgIpc) is 3.16. The van der Waals surface area contributed by atoms with E-state index in [0.29, 0.717) is 6.42 Å². The molecule has 0 aromatic carbocycles. The van der Waals surface area contributed by atoms with Gasteiger partial charge in [-0.25, -0.2) is 0 Å². The lowest BCUT2D eigenvalue weighted by Gasteiger charge is -2.40. The van der Waals surface area contributed by atoms with E-state index >= 15 is 0 Å². The summed E-state index contributed by atoms with van der Waals surface area (Å²) in [6, 6.07) is -0.797. The molecular weight excluding hydrogens is 670 g/mol. The summed E-state index contributed by atoms with van der Waals surface area (Å²) in [7, 11) is 0. The fraction of sp³-hybridized carbons (Fsp3) is 0.932. The zero-order chi connectivity index (χ0) is 38.8. The summed E-state index contributed by atoms with van der Waals surface area (Å²) in [5, 5.41) is 54.1. The van der Waals surface area contributed by atoms with Gasteiger partial charge in [-0.2, -0.15) is 0 Å². The van der Waals surface area contributed by atoms with Crippen molar-refractivity contribution in [2.75, 3.05) is 13.2 Å². The summed E-state index contributed by atoms with van der Waals surface area (Å²) in [4.78, 5) is 12.9. The van der Waals surface area contributed by atoms with Gasteiger partial charge < -0.3 is 40.3 Å². The molecule has 0 bridgehead atoms. The van der Waals surface area contributed by atoms with Crippen molar-refractivity contribution in [3.8, 4) is 0 Å². The van der Waals surface area contributed by atoms with Crippen LogP contribution in [0.3, 0.4) is 0 Å². The summed E-state index contributed by atoms with van der Waals surface area (Å²) in [5.41, 5.74) is 0. The molecule has 1 heterocycles. The molecule has 7 atom stereocenters. The average molecular weight is 756 g/mol. The lowest BCUT2D eigenvalue weighted by Crippen LogP contribution is -2.60. The van der Waals surface area contributed by atoms with Crippen LogP contribution < -0.4 is 5.32 Å². The number of amides is 1. The van der Waals surface area contributed by atoms with E-state index in [1.807, 2.05) is 6.08 Å². The number of ether oxygens (including phenoxy) is 2. The first kappa shape index (κ1) is 49.9.